The smallest absolute Gasteiger partial charge is 0.0882 e. The van der Waals surface area contributed by atoms with Crippen molar-refractivity contribution in [1.29, 1.82) is 0 Å². The fraction of sp³-hybridized carbons (Fsp3) is 0.684. The summed E-state index contributed by atoms with van der Waals surface area (Å²) in [5.74, 6) is 0.567. The Hall–Kier alpha value is -1.33. The Morgan fingerprint density at radius 3 is 2.31 bits per heavy atom. The zero-order chi connectivity index (χ0) is 30.5. The van der Waals surface area contributed by atoms with Crippen LogP contribution >= 0.6 is 11.8 Å². The van der Waals surface area contributed by atoms with Gasteiger partial charge in [-0.05, 0) is 119 Å². The maximum atomic E-state index is 7.13. The standard InChI is InChI=1S/C38H55NO2S/c1-21-15-22(2)32(23(3)16-21)31-19-27-13-14-30-29-20-28(36(7,8)9)17-24(4)33(29)37(10)35(41-26(6)18-25(5)40-12)38(37,11)39(30)34(27)42-31/h13,15-16,20,25-26,28,30-31,34-35H,14,17-19H2,1-12H3/t25?,26?,28-,30?,31?,34?,35?,37?,38?/m1/s1. The molecule has 0 spiro atoms. The van der Waals surface area contributed by atoms with Crippen LogP contribution in [-0.4, -0.2) is 47.3 Å². The summed E-state index contributed by atoms with van der Waals surface area (Å²) in [5, 5.41) is 0.911. The molecule has 3 aliphatic heterocycles. The molecule has 2 aliphatic carbocycles. The first-order valence-corrected chi connectivity index (χ1v) is 17.4. The average molecular weight is 590 g/mol. The molecule has 230 valence electrons. The van der Waals surface area contributed by atoms with Gasteiger partial charge in [0.25, 0.3) is 0 Å². The third kappa shape index (κ3) is 4.48. The monoisotopic (exact) mass is 589 g/mol. The average Bonchev–Trinajstić information content (AvgIpc) is 3.17. The van der Waals surface area contributed by atoms with E-state index in [-0.39, 0.29) is 34.7 Å². The number of benzene rings is 1. The molecule has 0 radical (unpaired) electrons. The molecular formula is C38H55NO2S. The van der Waals surface area contributed by atoms with Crippen LogP contribution in [0, 0.1) is 37.5 Å². The Morgan fingerprint density at radius 1 is 1.02 bits per heavy atom. The van der Waals surface area contributed by atoms with Crippen LogP contribution < -0.4 is 0 Å². The van der Waals surface area contributed by atoms with Crippen LogP contribution in [0.15, 0.2) is 46.6 Å². The first-order chi connectivity index (χ1) is 19.6. The number of aryl methyl sites for hydroxylation is 3. The van der Waals surface area contributed by atoms with Crippen molar-refractivity contribution in [2.24, 2.45) is 16.7 Å². The Balaban J connectivity index is 1.42. The van der Waals surface area contributed by atoms with Gasteiger partial charge in [0, 0.05) is 23.8 Å². The van der Waals surface area contributed by atoms with E-state index < -0.39 is 0 Å². The van der Waals surface area contributed by atoms with E-state index in [0.717, 1.165) is 25.7 Å². The topological polar surface area (TPSA) is 21.7 Å². The van der Waals surface area contributed by atoms with Crippen LogP contribution in [-0.2, 0) is 9.47 Å². The van der Waals surface area contributed by atoms with E-state index in [1.807, 2.05) is 7.11 Å². The minimum absolute atomic E-state index is 0.0103. The molecule has 3 fully saturated rings. The van der Waals surface area contributed by atoms with E-state index in [0.29, 0.717) is 22.6 Å². The molecule has 0 bridgehead atoms. The molecular weight excluding hydrogens is 534 g/mol. The summed E-state index contributed by atoms with van der Waals surface area (Å²) in [4.78, 5) is 2.97. The van der Waals surface area contributed by atoms with Crippen molar-refractivity contribution in [3.63, 3.8) is 0 Å². The molecule has 1 saturated carbocycles. The maximum absolute atomic E-state index is 7.13. The van der Waals surface area contributed by atoms with Gasteiger partial charge < -0.3 is 9.47 Å². The molecule has 5 aliphatic rings. The van der Waals surface area contributed by atoms with Gasteiger partial charge in [0.05, 0.1) is 29.2 Å². The van der Waals surface area contributed by atoms with Crippen LogP contribution in [0.25, 0.3) is 0 Å². The Bertz CT molecular complexity index is 1340. The molecule has 2 saturated heterocycles. The predicted molar refractivity (Wildman–Crippen MR) is 178 cm³/mol. The number of allylic oxidation sites excluding steroid dienone is 2. The zero-order valence-electron chi connectivity index (χ0n) is 28.4. The lowest BCUT2D eigenvalue weighted by atomic mass is 9.65. The van der Waals surface area contributed by atoms with Crippen molar-refractivity contribution >= 4 is 11.8 Å². The van der Waals surface area contributed by atoms with Gasteiger partial charge in [0.1, 0.15) is 0 Å². The normalized spacial score (nSPS) is 37.3. The van der Waals surface area contributed by atoms with Gasteiger partial charge in [-0.25, -0.2) is 0 Å². The summed E-state index contributed by atoms with van der Waals surface area (Å²) in [6, 6.07) is 5.18. The minimum Gasteiger partial charge on any atom is -0.382 e. The molecule has 0 aromatic heterocycles. The predicted octanol–water partition coefficient (Wildman–Crippen LogP) is 9.42. The van der Waals surface area contributed by atoms with E-state index in [1.54, 1.807) is 27.9 Å². The third-order valence-electron chi connectivity index (χ3n) is 11.9. The number of methoxy groups -OCH3 is 1. The van der Waals surface area contributed by atoms with Crippen molar-refractivity contribution in [2.75, 3.05) is 7.11 Å². The largest absolute Gasteiger partial charge is 0.382 e. The van der Waals surface area contributed by atoms with Crippen molar-refractivity contribution < 1.29 is 9.47 Å². The van der Waals surface area contributed by atoms with Gasteiger partial charge >= 0.3 is 0 Å². The lowest BCUT2D eigenvalue weighted by Crippen LogP contribution is -2.57. The number of hydrogen-bond acceptors (Lipinski definition) is 4. The summed E-state index contributed by atoms with van der Waals surface area (Å²) >= 11 is 2.22. The fourth-order valence-corrected chi connectivity index (χ4v) is 11.5. The van der Waals surface area contributed by atoms with Gasteiger partial charge in [-0.15, -0.1) is 11.8 Å². The lowest BCUT2D eigenvalue weighted by molar-refractivity contribution is -0.0201. The van der Waals surface area contributed by atoms with Crippen molar-refractivity contribution in [3.05, 3.63) is 68.8 Å². The lowest BCUT2D eigenvalue weighted by Gasteiger charge is -2.52. The second kappa shape index (κ2) is 10.4. The van der Waals surface area contributed by atoms with Crippen LogP contribution in [0.5, 0.6) is 0 Å². The van der Waals surface area contributed by atoms with Gasteiger partial charge in [-0.3, -0.25) is 4.90 Å². The van der Waals surface area contributed by atoms with Crippen LogP contribution in [0.1, 0.15) is 109 Å². The highest BCUT2D eigenvalue weighted by Gasteiger charge is 2.81. The molecule has 8 unspecified atom stereocenters. The Morgan fingerprint density at radius 2 is 1.69 bits per heavy atom. The maximum Gasteiger partial charge on any atom is 0.0882 e. The second-order valence-electron chi connectivity index (χ2n) is 15.8. The number of rotatable bonds is 6. The van der Waals surface area contributed by atoms with Gasteiger partial charge in [-0.2, -0.15) is 0 Å². The summed E-state index contributed by atoms with van der Waals surface area (Å²) < 4.78 is 12.8. The molecule has 1 aromatic rings. The quantitative estimate of drug-likeness (QED) is 0.308. The van der Waals surface area contributed by atoms with Crippen molar-refractivity contribution in [1.82, 2.24) is 4.90 Å². The molecule has 4 heteroatoms. The highest BCUT2D eigenvalue weighted by atomic mass is 32.2. The molecule has 6 rings (SSSR count). The van der Waals surface area contributed by atoms with Crippen LogP contribution in [0.3, 0.4) is 0 Å². The summed E-state index contributed by atoms with van der Waals surface area (Å²) in [5.41, 5.74) is 12.5. The van der Waals surface area contributed by atoms with E-state index in [1.165, 1.54) is 16.7 Å². The highest BCUT2D eigenvalue weighted by molar-refractivity contribution is 8.00. The number of nitrogens with zero attached hydrogens (tertiary/aromatic N) is 1. The first kappa shape index (κ1) is 30.7. The minimum atomic E-state index is -0.0336. The molecule has 3 nitrogen and oxygen atoms in total. The SMILES string of the molecule is COC(C)CC(C)OC1C2(C)C3=C(C)C[C@@H](C(C)(C)C)C=C3C3CC=C4CC(c5c(C)cc(C)cc5C)SC4N3C12C. The third-order valence-corrected chi connectivity index (χ3v) is 13.4. The summed E-state index contributed by atoms with van der Waals surface area (Å²) in [6.45, 7) is 26.1. The van der Waals surface area contributed by atoms with E-state index in [4.69, 9.17) is 9.47 Å². The Labute approximate surface area is 260 Å². The molecule has 0 amide bonds. The van der Waals surface area contributed by atoms with Crippen LogP contribution in [0.2, 0.25) is 0 Å². The number of hydrogen-bond donors (Lipinski definition) is 0. The first-order valence-electron chi connectivity index (χ1n) is 16.4. The number of piperidine rings is 1. The fourth-order valence-electron chi connectivity index (χ4n) is 9.54. The number of thioether (sulfide) groups is 1. The number of ether oxygens (including phenoxy) is 2. The molecule has 3 heterocycles. The Kier molecular flexibility index (Phi) is 7.57. The molecule has 1 aromatic carbocycles. The van der Waals surface area contributed by atoms with E-state index in [2.05, 4.69) is 117 Å². The van der Waals surface area contributed by atoms with Gasteiger partial charge in [-0.1, -0.05) is 63.1 Å². The molecule has 42 heavy (non-hydrogen) atoms. The van der Waals surface area contributed by atoms with Crippen LogP contribution in [0.4, 0.5) is 0 Å². The highest BCUT2D eigenvalue weighted by Crippen LogP contribution is 2.75. The summed E-state index contributed by atoms with van der Waals surface area (Å²) in [6.07, 6.45) is 10.2. The van der Waals surface area contributed by atoms with E-state index >= 15 is 0 Å². The van der Waals surface area contributed by atoms with Crippen molar-refractivity contribution in [3.8, 4) is 0 Å². The van der Waals surface area contributed by atoms with Gasteiger partial charge in [0.15, 0.2) is 0 Å². The molecule has 9 atom stereocenters. The summed E-state index contributed by atoms with van der Waals surface area (Å²) in [7, 11) is 1.81. The van der Waals surface area contributed by atoms with Crippen molar-refractivity contribution in [2.45, 2.75) is 142 Å². The second-order valence-corrected chi connectivity index (χ2v) is 17.1. The number of fused-ring (bicyclic) bond motifs is 8. The molecule has 0 N–H and O–H groups in total. The van der Waals surface area contributed by atoms with Gasteiger partial charge in [0.2, 0.25) is 0 Å². The zero-order valence-corrected chi connectivity index (χ0v) is 29.2. The van der Waals surface area contributed by atoms with E-state index in [9.17, 15) is 0 Å².